The fraction of sp³-hybridized carbons (Fsp3) is 0.214. The van der Waals surface area contributed by atoms with Crippen LogP contribution in [0.1, 0.15) is 23.6 Å². The van der Waals surface area contributed by atoms with E-state index in [9.17, 15) is 0 Å². The molecule has 1 atom stereocenters. The minimum Gasteiger partial charge on any atom is -0.308 e. The van der Waals surface area contributed by atoms with Gasteiger partial charge in [0.05, 0.1) is 18.6 Å². The molecule has 4 heteroatoms. The molecule has 4 rings (SSSR count). The molecule has 88 valence electrons. The van der Waals surface area contributed by atoms with Crippen LogP contribution < -0.4 is 0 Å². The van der Waals surface area contributed by atoms with Gasteiger partial charge in [-0.1, -0.05) is 24.3 Å². The minimum atomic E-state index is 0.362. The van der Waals surface area contributed by atoms with Crippen LogP contribution in [0.4, 0.5) is 0 Å². The number of imidazole rings is 1. The van der Waals surface area contributed by atoms with E-state index in [4.69, 9.17) is 0 Å². The van der Waals surface area contributed by atoms with Gasteiger partial charge in [-0.25, -0.2) is 15.0 Å². The van der Waals surface area contributed by atoms with E-state index in [0.717, 1.165) is 24.0 Å². The molecule has 1 aromatic carbocycles. The number of benzene rings is 1. The summed E-state index contributed by atoms with van der Waals surface area (Å²) in [6.45, 7) is 0. The zero-order valence-electron chi connectivity index (χ0n) is 9.82. The molecule has 0 bridgehead atoms. The van der Waals surface area contributed by atoms with Crippen molar-refractivity contribution < 1.29 is 0 Å². The Hall–Kier alpha value is -2.23. The van der Waals surface area contributed by atoms with Crippen molar-refractivity contribution in [1.29, 1.82) is 0 Å². The first-order chi connectivity index (χ1) is 8.93. The molecule has 0 radical (unpaired) electrons. The van der Waals surface area contributed by atoms with Crippen molar-refractivity contribution in [3.05, 3.63) is 54.2 Å². The topological polar surface area (TPSA) is 43.6 Å². The summed E-state index contributed by atoms with van der Waals surface area (Å²) >= 11 is 0. The van der Waals surface area contributed by atoms with Crippen LogP contribution in [0.15, 0.2) is 43.1 Å². The summed E-state index contributed by atoms with van der Waals surface area (Å²) in [5.74, 6) is 0. The van der Waals surface area contributed by atoms with E-state index in [1.54, 1.807) is 12.5 Å². The molecule has 0 saturated carbocycles. The zero-order valence-corrected chi connectivity index (χ0v) is 9.82. The maximum absolute atomic E-state index is 4.37. The number of hydrogen-bond donors (Lipinski definition) is 0. The lowest BCUT2D eigenvalue weighted by atomic mass is 10.1. The summed E-state index contributed by atoms with van der Waals surface area (Å²) in [6, 6.07) is 8.99. The van der Waals surface area contributed by atoms with Crippen LogP contribution in [0.5, 0.6) is 0 Å². The first-order valence-electron chi connectivity index (χ1n) is 6.14. The Balaban J connectivity index is 1.90. The molecule has 0 fully saturated rings. The van der Waals surface area contributed by atoms with Gasteiger partial charge in [0.1, 0.15) is 11.8 Å². The molecule has 1 unspecified atom stereocenters. The fourth-order valence-electron chi connectivity index (χ4n) is 2.84. The molecule has 18 heavy (non-hydrogen) atoms. The van der Waals surface area contributed by atoms with Gasteiger partial charge in [-0.15, -0.1) is 0 Å². The van der Waals surface area contributed by atoms with Crippen LogP contribution in [0.2, 0.25) is 0 Å². The SMILES string of the molecule is c1ccc2c(c1)CCC2n1cnc2cncnc21. The molecule has 3 aromatic rings. The van der Waals surface area contributed by atoms with E-state index in [1.165, 1.54) is 11.1 Å². The first kappa shape index (κ1) is 9.76. The molecular weight excluding hydrogens is 224 g/mol. The Kier molecular flexibility index (Phi) is 1.97. The molecule has 4 nitrogen and oxygen atoms in total. The van der Waals surface area contributed by atoms with E-state index < -0.39 is 0 Å². The van der Waals surface area contributed by atoms with E-state index in [-0.39, 0.29) is 0 Å². The Labute approximate surface area is 104 Å². The second-order valence-corrected chi connectivity index (χ2v) is 4.64. The molecule has 1 aliphatic rings. The van der Waals surface area contributed by atoms with E-state index in [2.05, 4.69) is 43.8 Å². The maximum Gasteiger partial charge on any atom is 0.163 e. The van der Waals surface area contributed by atoms with Gasteiger partial charge in [0.25, 0.3) is 0 Å². The van der Waals surface area contributed by atoms with Crippen LogP contribution in [0, 0.1) is 0 Å². The first-order valence-corrected chi connectivity index (χ1v) is 6.14. The molecule has 0 amide bonds. The lowest BCUT2D eigenvalue weighted by Gasteiger charge is -2.13. The quantitative estimate of drug-likeness (QED) is 0.651. The highest BCUT2D eigenvalue weighted by molar-refractivity contribution is 5.69. The number of aryl methyl sites for hydroxylation is 1. The minimum absolute atomic E-state index is 0.362. The summed E-state index contributed by atoms with van der Waals surface area (Å²) < 4.78 is 2.17. The summed E-state index contributed by atoms with van der Waals surface area (Å²) in [5.41, 5.74) is 4.63. The second kappa shape index (κ2) is 3.63. The lowest BCUT2D eigenvalue weighted by Crippen LogP contribution is -2.06. The average Bonchev–Trinajstić information content (AvgIpc) is 3.01. The summed E-state index contributed by atoms with van der Waals surface area (Å²) in [5, 5.41) is 0. The molecule has 0 N–H and O–H groups in total. The number of hydrogen-bond acceptors (Lipinski definition) is 3. The van der Waals surface area contributed by atoms with Crippen molar-refractivity contribution in [3.63, 3.8) is 0 Å². The highest BCUT2D eigenvalue weighted by Crippen LogP contribution is 2.35. The van der Waals surface area contributed by atoms with Crippen molar-refractivity contribution in [3.8, 4) is 0 Å². The number of rotatable bonds is 1. The van der Waals surface area contributed by atoms with Gasteiger partial charge in [-0.05, 0) is 24.0 Å². The van der Waals surface area contributed by atoms with Gasteiger partial charge < -0.3 is 4.57 Å². The molecule has 1 aliphatic carbocycles. The zero-order chi connectivity index (χ0) is 11.9. The van der Waals surface area contributed by atoms with Gasteiger partial charge in [0.2, 0.25) is 0 Å². The largest absolute Gasteiger partial charge is 0.308 e. The third-order valence-electron chi connectivity index (χ3n) is 3.68. The van der Waals surface area contributed by atoms with E-state index in [1.807, 2.05) is 6.33 Å². The summed E-state index contributed by atoms with van der Waals surface area (Å²) in [4.78, 5) is 12.7. The van der Waals surface area contributed by atoms with Crippen molar-refractivity contribution in [1.82, 2.24) is 19.5 Å². The van der Waals surface area contributed by atoms with Crippen molar-refractivity contribution in [2.45, 2.75) is 18.9 Å². The Morgan fingerprint density at radius 3 is 3.11 bits per heavy atom. The van der Waals surface area contributed by atoms with Gasteiger partial charge in [-0.3, -0.25) is 0 Å². The van der Waals surface area contributed by atoms with Crippen molar-refractivity contribution >= 4 is 11.2 Å². The van der Waals surface area contributed by atoms with Crippen LogP contribution in [-0.4, -0.2) is 19.5 Å². The standard InChI is InChI=1S/C14H12N4/c1-2-4-11-10(3-1)5-6-13(11)18-9-17-12-7-15-8-16-14(12)18/h1-4,7-9,13H,5-6H2. The number of aromatic nitrogens is 4. The lowest BCUT2D eigenvalue weighted by molar-refractivity contribution is 0.591. The van der Waals surface area contributed by atoms with E-state index in [0.29, 0.717) is 6.04 Å². The van der Waals surface area contributed by atoms with Gasteiger partial charge in [0, 0.05) is 0 Å². The molecule has 0 saturated heterocycles. The van der Waals surface area contributed by atoms with Gasteiger partial charge >= 0.3 is 0 Å². The fourth-order valence-corrected chi connectivity index (χ4v) is 2.84. The summed E-state index contributed by atoms with van der Waals surface area (Å²) in [6.07, 6.45) is 7.48. The van der Waals surface area contributed by atoms with Crippen molar-refractivity contribution in [2.75, 3.05) is 0 Å². The third-order valence-corrected chi connectivity index (χ3v) is 3.68. The number of fused-ring (bicyclic) bond motifs is 2. The molecular formula is C14H12N4. The van der Waals surface area contributed by atoms with Gasteiger partial charge in [-0.2, -0.15) is 0 Å². The van der Waals surface area contributed by atoms with Gasteiger partial charge in [0.15, 0.2) is 5.65 Å². The third kappa shape index (κ3) is 1.29. The second-order valence-electron chi connectivity index (χ2n) is 4.64. The Morgan fingerprint density at radius 2 is 2.11 bits per heavy atom. The Bertz CT molecular complexity index is 716. The average molecular weight is 236 g/mol. The Morgan fingerprint density at radius 1 is 1.17 bits per heavy atom. The molecule has 2 aromatic heterocycles. The molecule has 0 spiro atoms. The smallest absolute Gasteiger partial charge is 0.163 e. The highest BCUT2D eigenvalue weighted by atomic mass is 15.1. The highest BCUT2D eigenvalue weighted by Gasteiger charge is 2.24. The molecule has 0 aliphatic heterocycles. The van der Waals surface area contributed by atoms with Crippen molar-refractivity contribution in [2.24, 2.45) is 0 Å². The molecule has 2 heterocycles. The number of nitrogens with zero attached hydrogens (tertiary/aromatic N) is 4. The predicted molar refractivity (Wildman–Crippen MR) is 68.2 cm³/mol. The van der Waals surface area contributed by atoms with Crippen LogP contribution in [-0.2, 0) is 6.42 Å². The summed E-state index contributed by atoms with van der Waals surface area (Å²) in [7, 11) is 0. The van der Waals surface area contributed by atoms with Crippen LogP contribution >= 0.6 is 0 Å². The normalized spacial score (nSPS) is 18.1. The van der Waals surface area contributed by atoms with E-state index >= 15 is 0 Å². The maximum atomic E-state index is 4.37. The van der Waals surface area contributed by atoms with Crippen LogP contribution in [0.3, 0.4) is 0 Å². The van der Waals surface area contributed by atoms with Crippen LogP contribution in [0.25, 0.3) is 11.2 Å². The predicted octanol–water partition coefficient (Wildman–Crippen LogP) is 2.36. The monoisotopic (exact) mass is 236 g/mol.